The molecule has 8 nitrogen and oxygen atoms in total. The van der Waals surface area contributed by atoms with Gasteiger partial charge in [0.2, 0.25) is 0 Å². The predicted molar refractivity (Wildman–Crippen MR) is 133 cm³/mol. The van der Waals surface area contributed by atoms with Crippen molar-refractivity contribution in [2.75, 3.05) is 51.0 Å². The molecule has 182 valence electrons. The standard InChI is InChI=1S/C27H30N4O4/c1-19-3-2-4-20(15-19)23-7-8-31(29-23)26-17-25(30-9-11-32-12-10-30)27-24(28-26)16-21(35-27)5-6-22-18-33-13-14-34-22/h2-4,7-8,15-17,22H,5-6,9-14,18H2,1H3/t22-/m0/s1. The molecule has 3 aromatic heterocycles. The number of aryl methyl sites for hydroxylation is 2. The van der Waals surface area contributed by atoms with Gasteiger partial charge in [-0.05, 0) is 25.5 Å². The molecule has 2 aliphatic heterocycles. The maximum absolute atomic E-state index is 6.35. The van der Waals surface area contributed by atoms with Crippen LogP contribution in [-0.4, -0.2) is 67.0 Å². The lowest BCUT2D eigenvalue weighted by Crippen LogP contribution is -2.36. The van der Waals surface area contributed by atoms with E-state index in [2.05, 4.69) is 48.2 Å². The van der Waals surface area contributed by atoms with Gasteiger partial charge >= 0.3 is 0 Å². The number of anilines is 1. The van der Waals surface area contributed by atoms with Crippen LogP contribution in [-0.2, 0) is 20.6 Å². The van der Waals surface area contributed by atoms with Gasteiger partial charge in [0.1, 0.15) is 11.3 Å². The second-order valence-corrected chi connectivity index (χ2v) is 9.15. The molecule has 2 saturated heterocycles. The molecule has 0 spiro atoms. The molecule has 0 radical (unpaired) electrons. The van der Waals surface area contributed by atoms with Gasteiger partial charge in [-0.1, -0.05) is 23.8 Å². The van der Waals surface area contributed by atoms with Crippen LogP contribution in [0.15, 0.2) is 53.1 Å². The van der Waals surface area contributed by atoms with Crippen molar-refractivity contribution in [2.24, 2.45) is 0 Å². The first-order valence-corrected chi connectivity index (χ1v) is 12.3. The number of furan rings is 1. The fourth-order valence-electron chi connectivity index (χ4n) is 4.74. The molecule has 4 aromatic rings. The van der Waals surface area contributed by atoms with Gasteiger partial charge in [-0.3, -0.25) is 0 Å². The molecule has 2 aliphatic rings. The molecular formula is C27H30N4O4. The number of benzene rings is 1. The highest BCUT2D eigenvalue weighted by Gasteiger charge is 2.21. The maximum Gasteiger partial charge on any atom is 0.176 e. The molecule has 5 heterocycles. The van der Waals surface area contributed by atoms with Crippen LogP contribution in [0.3, 0.4) is 0 Å². The second-order valence-electron chi connectivity index (χ2n) is 9.15. The number of rotatable bonds is 6. The van der Waals surface area contributed by atoms with Gasteiger partial charge in [0.25, 0.3) is 0 Å². The maximum atomic E-state index is 6.35. The number of ether oxygens (including phenoxy) is 3. The molecule has 0 bridgehead atoms. The van der Waals surface area contributed by atoms with Crippen LogP contribution < -0.4 is 4.90 Å². The van der Waals surface area contributed by atoms with Gasteiger partial charge in [0.15, 0.2) is 11.4 Å². The summed E-state index contributed by atoms with van der Waals surface area (Å²) in [6, 6.07) is 14.5. The van der Waals surface area contributed by atoms with E-state index in [-0.39, 0.29) is 6.10 Å². The molecule has 1 aromatic carbocycles. The van der Waals surface area contributed by atoms with E-state index in [0.717, 1.165) is 65.6 Å². The number of fused-ring (bicyclic) bond motifs is 1. The van der Waals surface area contributed by atoms with Crippen molar-refractivity contribution in [1.29, 1.82) is 0 Å². The lowest BCUT2D eigenvalue weighted by atomic mass is 10.1. The Kier molecular flexibility index (Phi) is 6.24. The van der Waals surface area contributed by atoms with Crippen LogP contribution in [0.25, 0.3) is 28.2 Å². The van der Waals surface area contributed by atoms with Gasteiger partial charge in [-0.15, -0.1) is 0 Å². The molecular weight excluding hydrogens is 444 g/mol. The molecule has 0 unspecified atom stereocenters. The third kappa shape index (κ3) is 4.82. The Morgan fingerprint density at radius 3 is 2.74 bits per heavy atom. The van der Waals surface area contributed by atoms with Crippen molar-refractivity contribution in [2.45, 2.75) is 25.9 Å². The molecule has 35 heavy (non-hydrogen) atoms. The predicted octanol–water partition coefficient (Wildman–Crippen LogP) is 4.17. The van der Waals surface area contributed by atoms with Gasteiger partial charge in [-0.2, -0.15) is 5.10 Å². The highest BCUT2D eigenvalue weighted by Crippen LogP contribution is 2.32. The molecule has 6 rings (SSSR count). The minimum absolute atomic E-state index is 0.114. The first-order valence-electron chi connectivity index (χ1n) is 12.3. The highest BCUT2D eigenvalue weighted by molar-refractivity contribution is 5.88. The summed E-state index contributed by atoms with van der Waals surface area (Å²) in [5.74, 6) is 1.68. The van der Waals surface area contributed by atoms with Crippen molar-refractivity contribution >= 4 is 16.8 Å². The minimum Gasteiger partial charge on any atom is -0.457 e. The fourth-order valence-corrected chi connectivity index (χ4v) is 4.74. The average Bonchev–Trinajstić information content (AvgIpc) is 3.55. The van der Waals surface area contributed by atoms with E-state index >= 15 is 0 Å². The minimum atomic E-state index is 0.114. The van der Waals surface area contributed by atoms with Crippen LogP contribution in [0.4, 0.5) is 5.69 Å². The zero-order valence-corrected chi connectivity index (χ0v) is 20.0. The Morgan fingerprint density at radius 1 is 1.00 bits per heavy atom. The number of aromatic nitrogens is 3. The zero-order valence-electron chi connectivity index (χ0n) is 20.0. The van der Waals surface area contributed by atoms with E-state index in [4.69, 9.17) is 28.7 Å². The Balaban J connectivity index is 1.34. The van der Waals surface area contributed by atoms with Crippen LogP contribution >= 0.6 is 0 Å². The van der Waals surface area contributed by atoms with Crippen LogP contribution in [0.5, 0.6) is 0 Å². The summed E-state index contributed by atoms with van der Waals surface area (Å²) in [4.78, 5) is 7.25. The molecule has 0 amide bonds. The van der Waals surface area contributed by atoms with E-state index in [1.54, 1.807) is 0 Å². The molecule has 0 N–H and O–H groups in total. The lowest BCUT2D eigenvalue weighted by molar-refractivity contribution is -0.0906. The van der Waals surface area contributed by atoms with E-state index in [9.17, 15) is 0 Å². The molecule has 0 saturated carbocycles. The zero-order chi connectivity index (χ0) is 23.6. The third-order valence-corrected chi connectivity index (χ3v) is 6.58. The number of nitrogens with zero attached hydrogens (tertiary/aromatic N) is 4. The van der Waals surface area contributed by atoms with Gasteiger partial charge < -0.3 is 23.5 Å². The van der Waals surface area contributed by atoms with Crippen LogP contribution in [0.1, 0.15) is 17.7 Å². The number of hydrogen-bond acceptors (Lipinski definition) is 7. The number of hydrogen-bond donors (Lipinski definition) is 0. The second kappa shape index (κ2) is 9.81. The van der Waals surface area contributed by atoms with E-state index in [1.165, 1.54) is 5.56 Å². The summed E-state index contributed by atoms with van der Waals surface area (Å²) in [5, 5.41) is 4.84. The first kappa shape index (κ1) is 22.3. The number of pyridine rings is 1. The summed E-state index contributed by atoms with van der Waals surface area (Å²) in [7, 11) is 0. The topological polar surface area (TPSA) is 74.8 Å². The summed E-state index contributed by atoms with van der Waals surface area (Å²) in [5.41, 5.74) is 5.92. The van der Waals surface area contributed by atoms with E-state index in [0.29, 0.717) is 33.0 Å². The fraction of sp³-hybridized carbons (Fsp3) is 0.407. The number of morpholine rings is 1. The Morgan fingerprint density at radius 2 is 1.91 bits per heavy atom. The largest absolute Gasteiger partial charge is 0.457 e. The smallest absolute Gasteiger partial charge is 0.176 e. The van der Waals surface area contributed by atoms with Crippen molar-refractivity contribution in [3.63, 3.8) is 0 Å². The summed E-state index contributed by atoms with van der Waals surface area (Å²) in [6.07, 6.45) is 3.72. The average molecular weight is 475 g/mol. The lowest BCUT2D eigenvalue weighted by Gasteiger charge is -2.29. The van der Waals surface area contributed by atoms with Crippen molar-refractivity contribution in [3.8, 4) is 17.1 Å². The summed E-state index contributed by atoms with van der Waals surface area (Å²) < 4.78 is 25.1. The third-order valence-electron chi connectivity index (χ3n) is 6.58. The Hall–Kier alpha value is -3.20. The quantitative estimate of drug-likeness (QED) is 0.415. The molecule has 8 heteroatoms. The van der Waals surface area contributed by atoms with E-state index in [1.807, 2.05) is 16.9 Å². The molecule has 1 atom stereocenters. The Labute approximate surface area is 204 Å². The van der Waals surface area contributed by atoms with Crippen molar-refractivity contribution in [3.05, 3.63) is 60.0 Å². The summed E-state index contributed by atoms with van der Waals surface area (Å²) >= 11 is 0. The van der Waals surface area contributed by atoms with Crippen LogP contribution in [0, 0.1) is 6.92 Å². The van der Waals surface area contributed by atoms with E-state index < -0.39 is 0 Å². The normalized spacial score (nSPS) is 18.9. The molecule has 0 aliphatic carbocycles. The van der Waals surface area contributed by atoms with Gasteiger partial charge in [0.05, 0.1) is 50.5 Å². The van der Waals surface area contributed by atoms with Crippen molar-refractivity contribution in [1.82, 2.24) is 14.8 Å². The monoisotopic (exact) mass is 474 g/mol. The van der Waals surface area contributed by atoms with Crippen molar-refractivity contribution < 1.29 is 18.6 Å². The van der Waals surface area contributed by atoms with Gasteiger partial charge in [0, 0.05) is 43.4 Å². The highest BCUT2D eigenvalue weighted by atomic mass is 16.6. The SMILES string of the molecule is Cc1cccc(-c2ccn(-c3cc(N4CCOCC4)c4oc(CC[C@H]5COCCO5)cc4n3)n2)c1. The summed E-state index contributed by atoms with van der Waals surface area (Å²) in [6.45, 7) is 7.10. The first-order chi connectivity index (χ1) is 17.2. The van der Waals surface area contributed by atoms with Gasteiger partial charge in [-0.25, -0.2) is 9.67 Å². The molecule has 2 fully saturated rings. The Bertz CT molecular complexity index is 1300. The van der Waals surface area contributed by atoms with Crippen LogP contribution in [0.2, 0.25) is 0 Å².